The van der Waals surface area contributed by atoms with Crippen molar-refractivity contribution in [2.75, 3.05) is 46.9 Å². The summed E-state index contributed by atoms with van der Waals surface area (Å²) in [5.74, 6) is 0.354. The Balaban J connectivity index is 1.43. The number of nitrogens with one attached hydrogen (secondary N) is 2. The molecule has 0 fully saturated rings. The second kappa shape index (κ2) is 15.5. The molecule has 1 aromatic heterocycles. The van der Waals surface area contributed by atoms with Crippen LogP contribution in [-0.2, 0) is 27.3 Å². The van der Waals surface area contributed by atoms with Gasteiger partial charge in [-0.05, 0) is 69.0 Å². The number of aromatic nitrogens is 1. The highest BCUT2D eigenvalue weighted by Crippen LogP contribution is 2.28. The summed E-state index contributed by atoms with van der Waals surface area (Å²) in [6.45, 7) is 5.03. The Morgan fingerprint density at radius 1 is 1.02 bits per heavy atom. The number of ether oxygens (including phenoxy) is 2. The van der Waals surface area contributed by atoms with Gasteiger partial charge >= 0.3 is 0 Å². The molecule has 1 atom stereocenters. The minimum atomic E-state index is -0.675. The lowest BCUT2D eigenvalue weighted by Crippen LogP contribution is -2.47. The van der Waals surface area contributed by atoms with Gasteiger partial charge in [-0.25, -0.2) is 4.98 Å². The van der Waals surface area contributed by atoms with Crippen molar-refractivity contribution in [3.8, 4) is 11.5 Å². The molecule has 0 spiro atoms. The molecule has 2 bridgehead atoms. The van der Waals surface area contributed by atoms with Crippen LogP contribution in [0.5, 0.6) is 11.5 Å². The third-order valence-electron chi connectivity index (χ3n) is 7.24. The normalized spacial score (nSPS) is 19.3. The number of hydrogen-bond donors (Lipinski definition) is 2. The lowest BCUT2D eigenvalue weighted by Gasteiger charge is -2.24. The van der Waals surface area contributed by atoms with Crippen LogP contribution in [0.25, 0.3) is 10.2 Å². The number of nitrogens with zero attached hydrogens (tertiary/aromatic N) is 3. The van der Waals surface area contributed by atoms with Crippen molar-refractivity contribution in [1.82, 2.24) is 25.4 Å². The average Bonchev–Trinajstić information content (AvgIpc) is 3.40. The van der Waals surface area contributed by atoms with Gasteiger partial charge in [-0.2, -0.15) is 0 Å². The maximum atomic E-state index is 12.9. The molecule has 2 heterocycles. The summed E-state index contributed by atoms with van der Waals surface area (Å²) in [5.41, 5.74) is 1.91. The second-order valence-electron chi connectivity index (χ2n) is 10.6. The maximum Gasteiger partial charge on any atom is 0.258 e. The fourth-order valence-electron chi connectivity index (χ4n) is 4.93. The number of thiazole rings is 1. The Labute approximate surface area is 251 Å². The van der Waals surface area contributed by atoms with Crippen LogP contribution in [-0.4, -0.2) is 85.5 Å². The molecule has 0 unspecified atom stereocenters. The summed E-state index contributed by atoms with van der Waals surface area (Å²) in [6, 6.07) is 12.9. The van der Waals surface area contributed by atoms with E-state index in [0.717, 1.165) is 55.0 Å². The van der Waals surface area contributed by atoms with Crippen molar-refractivity contribution in [3.63, 3.8) is 0 Å². The Kier molecular flexibility index (Phi) is 11.5. The van der Waals surface area contributed by atoms with Crippen LogP contribution in [0.4, 0.5) is 0 Å². The van der Waals surface area contributed by atoms with Crippen molar-refractivity contribution in [2.24, 2.45) is 0 Å². The summed E-state index contributed by atoms with van der Waals surface area (Å²) in [6.07, 6.45) is 3.43. The van der Waals surface area contributed by atoms with Gasteiger partial charge in [-0.1, -0.05) is 18.2 Å². The van der Waals surface area contributed by atoms with E-state index < -0.39 is 11.9 Å². The van der Waals surface area contributed by atoms with Gasteiger partial charge in [0.15, 0.2) is 18.1 Å². The summed E-state index contributed by atoms with van der Waals surface area (Å²) in [5, 5.41) is 6.85. The quantitative estimate of drug-likeness (QED) is 0.477. The lowest BCUT2D eigenvalue weighted by atomic mass is 10.1. The minimum Gasteiger partial charge on any atom is -0.493 e. The van der Waals surface area contributed by atoms with Gasteiger partial charge in [-0.15, -0.1) is 11.3 Å². The van der Waals surface area contributed by atoms with Crippen LogP contribution < -0.4 is 20.1 Å². The van der Waals surface area contributed by atoms with E-state index in [9.17, 15) is 14.4 Å². The third-order valence-corrected chi connectivity index (χ3v) is 8.26. The molecule has 3 aromatic rings. The van der Waals surface area contributed by atoms with Crippen molar-refractivity contribution in [3.05, 3.63) is 53.0 Å². The van der Waals surface area contributed by atoms with Crippen molar-refractivity contribution < 1.29 is 23.9 Å². The molecule has 4 rings (SSSR count). The number of likely N-dealkylation sites (N-methyl/N-ethyl adjacent to an activating group) is 1. The average molecular weight is 596 g/mol. The molecule has 3 amide bonds. The van der Waals surface area contributed by atoms with Gasteiger partial charge in [0, 0.05) is 33.1 Å². The van der Waals surface area contributed by atoms with E-state index in [0.29, 0.717) is 37.4 Å². The first-order valence-electron chi connectivity index (χ1n) is 14.5. The smallest absolute Gasteiger partial charge is 0.258 e. The summed E-state index contributed by atoms with van der Waals surface area (Å²) < 4.78 is 12.3. The second-order valence-corrected chi connectivity index (χ2v) is 11.7. The zero-order valence-corrected chi connectivity index (χ0v) is 25.5. The molecule has 0 aliphatic carbocycles. The molecule has 0 radical (unpaired) electrons. The predicted molar refractivity (Wildman–Crippen MR) is 164 cm³/mol. The van der Waals surface area contributed by atoms with Crippen LogP contribution in [0.2, 0.25) is 0 Å². The monoisotopic (exact) mass is 595 g/mol. The Morgan fingerprint density at radius 3 is 2.62 bits per heavy atom. The van der Waals surface area contributed by atoms with Crippen molar-refractivity contribution in [1.29, 1.82) is 0 Å². The van der Waals surface area contributed by atoms with Crippen LogP contribution in [0.3, 0.4) is 0 Å². The van der Waals surface area contributed by atoms with E-state index in [2.05, 4.69) is 21.6 Å². The van der Waals surface area contributed by atoms with Gasteiger partial charge in [0.2, 0.25) is 11.8 Å². The first-order valence-corrected chi connectivity index (χ1v) is 15.3. The predicted octanol–water partition coefficient (Wildman–Crippen LogP) is 3.38. The van der Waals surface area contributed by atoms with Crippen molar-refractivity contribution in [2.45, 2.75) is 51.6 Å². The number of methoxy groups -OCH3 is 1. The molecule has 11 heteroatoms. The number of aryl methyl sites for hydroxylation is 1. The molecule has 0 saturated heterocycles. The Hall–Kier alpha value is -3.70. The van der Waals surface area contributed by atoms with Gasteiger partial charge in [0.1, 0.15) is 11.0 Å². The molecule has 42 heavy (non-hydrogen) atoms. The number of carbonyl (C=O) groups excluding carboxylic acids is 3. The SMILES string of the molecule is COc1ccc2cc1OCC(=O)N[C@@H](C)C(=O)N(C)CCCCN(Cc1nc3ccccc3s1)CCCNC(=O)CC2. The van der Waals surface area contributed by atoms with Gasteiger partial charge in [-0.3, -0.25) is 19.3 Å². The van der Waals surface area contributed by atoms with E-state index >= 15 is 0 Å². The Bertz CT molecular complexity index is 1330. The van der Waals surface area contributed by atoms with E-state index in [1.54, 1.807) is 42.3 Å². The number of hydrogen-bond acceptors (Lipinski definition) is 8. The molecule has 1 aliphatic heterocycles. The molecule has 226 valence electrons. The van der Waals surface area contributed by atoms with Gasteiger partial charge in [0.25, 0.3) is 5.91 Å². The molecule has 2 aromatic carbocycles. The fraction of sp³-hybridized carbons (Fsp3) is 0.484. The maximum absolute atomic E-state index is 12.9. The number of amides is 3. The standard InChI is InChI=1S/C31H41N5O5S/c1-22-31(39)35(2)16-6-7-17-36(20-30-34-24-9-4-5-10-27(24)42-30)18-8-15-32-28(37)14-12-23-11-13-25(40-3)26(19-23)41-21-29(38)33-22/h4-5,9-11,13,19,22H,6-8,12,14-18,20-21H2,1-3H3,(H,32,37)(H,33,38)/t22-/m0/s1. The largest absolute Gasteiger partial charge is 0.493 e. The number of para-hydroxylation sites is 1. The highest BCUT2D eigenvalue weighted by Gasteiger charge is 2.20. The zero-order chi connectivity index (χ0) is 29.9. The molecule has 10 nitrogen and oxygen atoms in total. The first-order chi connectivity index (χ1) is 20.3. The van der Waals surface area contributed by atoms with E-state index in [4.69, 9.17) is 14.5 Å². The number of carbonyl (C=O) groups is 3. The molecule has 0 saturated carbocycles. The van der Waals surface area contributed by atoms with Crippen LogP contribution in [0, 0.1) is 0 Å². The number of benzene rings is 2. The highest BCUT2D eigenvalue weighted by molar-refractivity contribution is 7.18. The van der Waals surface area contributed by atoms with E-state index in [1.165, 1.54) is 11.8 Å². The zero-order valence-electron chi connectivity index (χ0n) is 24.7. The molecular weight excluding hydrogens is 554 g/mol. The highest BCUT2D eigenvalue weighted by atomic mass is 32.1. The Morgan fingerprint density at radius 2 is 1.81 bits per heavy atom. The summed E-state index contributed by atoms with van der Waals surface area (Å²) in [7, 11) is 3.29. The van der Waals surface area contributed by atoms with Crippen molar-refractivity contribution >= 4 is 39.3 Å². The van der Waals surface area contributed by atoms with E-state index in [1.807, 2.05) is 24.3 Å². The topological polar surface area (TPSA) is 113 Å². The lowest BCUT2D eigenvalue weighted by molar-refractivity contribution is -0.135. The van der Waals surface area contributed by atoms with Gasteiger partial charge < -0.3 is 25.0 Å². The number of rotatable bonds is 3. The van der Waals surface area contributed by atoms with Gasteiger partial charge in [0.05, 0.1) is 23.9 Å². The minimum absolute atomic E-state index is 0.00535. The van der Waals surface area contributed by atoms with Crippen LogP contribution in [0.15, 0.2) is 42.5 Å². The fourth-order valence-corrected chi connectivity index (χ4v) is 5.94. The first kappa shape index (κ1) is 31.2. The number of fused-ring (bicyclic) bond motifs is 3. The van der Waals surface area contributed by atoms with Crippen LogP contribution in [0.1, 0.15) is 43.2 Å². The summed E-state index contributed by atoms with van der Waals surface area (Å²) in [4.78, 5) is 46.9. The molecular formula is C31H41N5O5S. The van der Waals surface area contributed by atoms with Crippen LogP contribution >= 0.6 is 11.3 Å². The summed E-state index contributed by atoms with van der Waals surface area (Å²) >= 11 is 1.71. The molecule has 1 aliphatic rings. The van der Waals surface area contributed by atoms with E-state index in [-0.39, 0.29) is 18.4 Å². The third kappa shape index (κ3) is 9.15. The molecule has 2 N–H and O–H groups in total.